The second kappa shape index (κ2) is 13.1. The van der Waals surface area contributed by atoms with Crippen molar-refractivity contribution < 1.29 is 19.1 Å². The molecule has 1 aliphatic heterocycles. The van der Waals surface area contributed by atoms with Crippen molar-refractivity contribution >= 4 is 18.1 Å². The quantitative estimate of drug-likeness (QED) is 0.466. The van der Waals surface area contributed by atoms with E-state index in [0.29, 0.717) is 24.4 Å². The number of likely N-dealkylation sites (tertiary alicyclic amines) is 1. The Balaban J connectivity index is 0.00000122. The summed E-state index contributed by atoms with van der Waals surface area (Å²) in [6, 6.07) is 5.91. The van der Waals surface area contributed by atoms with E-state index >= 15 is 0 Å². The summed E-state index contributed by atoms with van der Waals surface area (Å²) in [5, 5.41) is 11.5. The molecule has 2 unspecified atom stereocenters. The molecule has 3 rings (SSSR count). The first kappa shape index (κ1) is 25.7. The lowest BCUT2D eigenvalue weighted by Crippen LogP contribution is -2.36. The smallest absolute Gasteiger partial charge is 0.290 e. The lowest BCUT2D eigenvalue weighted by molar-refractivity contribution is -0.132. The van der Waals surface area contributed by atoms with Crippen molar-refractivity contribution in [2.45, 2.75) is 44.7 Å². The fraction of sp³-hybridized carbons (Fsp3) is 0.333. The molecule has 1 fully saturated rings. The predicted molar refractivity (Wildman–Crippen MR) is 124 cm³/mol. The van der Waals surface area contributed by atoms with Crippen LogP contribution in [-0.4, -0.2) is 49.7 Å². The number of nitrogens with zero attached hydrogens (tertiary/aromatic N) is 4. The van der Waals surface area contributed by atoms with Gasteiger partial charge in [-0.15, -0.1) is 5.10 Å². The number of benzene rings is 1. The largest absolute Gasteiger partial charge is 0.483 e. The zero-order valence-electron chi connectivity index (χ0n) is 18.7. The zero-order chi connectivity index (χ0) is 24.2. The van der Waals surface area contributed by atoms with E-state index in [9.17, 15) is 9.18 Å². The number of carbonyl (C=O) groups excluding carboxylic acids is 1. The minimum Gasteiger partial charge on any atom is -0.483 e. The molecule has 1 aliphatic rings. The van der Waals surface area contributed by atoms with E-state index in [0.717, 1.165) is 18.5 Å². The molecule has 0 spiro atoms. The van der Waals surface area contributed by atoms with Crippen molar-refractivity contribution in [3.63, 3.8) is 0 Å². The van der Waals surface area contributed by atoms with Crippen LogP contribution in [-0.2, 0) is 16.0 Å². The topological polar surface area (TPSA) is 114 Å². The number of hydrogen-bond acceptors (Lipinski definition) is 5. The minimum atomic E-state index is -0.446. The van der Waals surface area contributed by atoms with Crippen LogP contribution in [0.15, 0.2) is 61.5 Å². The van der Waals surface area contributed by atoms with Crippen LogP contribution in [0.3, 0.4) is 0 Å². The fourth-order valence-corrected chi connectivity index (χ4v) is 3.75. The average molecular weight is 456 g/mol. The Kier molecular flexibility index (Phi) is 10.2. The Morgan fingerprint density at radius 2 is 2.15 bits per heavy atom. The average Bonchev–Trinajstić information content (AvgIpc) is 3.45. The van der Waals surface area contributed by atoms with Gasteiger partial charge in [-0.2, -0.15) is 0 Å². The number of allylic oxidation sites excluding steroid dienone is 5. The van der Waals surface area contributed by atoms with Gasteiger partial charge in [-0.1, -0.05) is 36.9 Å². The number of amides is 1. The van der Waals surface area contributed by atoms with E-state index in [2.05, 4.69) is 16.7 Å². The van der Waals surface area contributed by atoms with Crippen LogP contribution in [0.2, 0.25) is 0 Å². The summed E-state index contributed by atoms with van der Waals surface area (Å²) in [6.45, 7) is 6.06. The van der Waals surface area contributed by atoms with Crippen LogP contribution in [0.25, 0.3) is 5.70 Å². The molecule has 1 aromatic carbocycles. The number of rotatable bonds is 8. The number of carboxylic acid groups (broad SMARTS) is 1. The van der Waals surface area contributed by atoms with E-state index in [1.54, 1.807) is 40.2 Å². The molecule has 33 heavy (non-hydrogen) atoms. The van der Waals surface area contributed by atoms with Gasteiger partial charge in [0.1, 0.15) is 12.1 Å². The third kappa shape index (κ3) is 7.21. The SMILES string of the molecule is C=CC=C(C=CC)n1cnc(C2CCCN2C(=O)CC(N)Cc2ccccc2F)n1.O=CO. The molecule has 0 radical (unpaired) electrons. The third-order valence-electron chi connectivity index (χ3n) is 5.15. The molecule has 2 heterocycles. The molecule has 2 aromatic rings. The van der Waals surface area contributed by atoms with Crippen LogP contribution < -0.4 is 5.73 Å². The van der Waals surface area contributed by atoms with Gasteiger partial charge < -0.3 is 15.7 Å². The van der Waals surface area contributed by atoms with Gasteiger partial charge in [-0.25, -0.2) is 14.1 Å². The van der Waals surface area contributed by atoms with Gasteiger partial charge in [0.25, 0.3) is 6.47 Å². The highest BCUT2D eigenvalue weighted by molar-refractivity contribution is 5.77. The maximum Gasteiger partial charge on any atom is 0.290 e. The van der Waals surface area contributed by atoms with Crippen molar-refractivity contribution in [1.29, 1.82) is 0 Å². The zero-order valence-corrected chi connectivity index (χ0v) is 18.7. The van der Waals surface area contributed by atoms with E-state index in [1.165, 1.54) is 6.07 Å². The third-order valence-corrected chi connectivity index (χ3v) is 5.15. The number of nitrogens with two attached hydrogens (primary N) is 1. The van der Waals surface area contributed by atoms with Gasteiger partial charge in [0, 0.05) is 19.0 Å². The molecule has 3 N–H and O–H groups in total. The molecule has 0 aliphatic carbocycles. The van der Waals surface area contributed by atoms with Crippen LogP contribution in [0, 0.1) is 5.82 Å². The molecule has 0 bridgehead atoms. The van der Waals surface area contributed by atoms with Crippen molar-refractivity contribution in [3.8, 4) is 0 Å². The van der Waals surface area contributed by atoms with Gasteiger partial charge in [0.15, 0.2) is 5.82 Å². The van der Waals surface area contributed by atoms with Gasteiger partial charge in [0.2, 0.25) is 5.91 Å². The van der Waals surface area contributed by atoms with Crippen molar-refractivity contribution in [2.24, 2.45) is 5.73 Å². The van der Waals surface area contributed by atoms with E-state index in [4.69, 9.17) is 15.6 Å². The Bertz CT molecular complexity index is 1000. The van der Waals surface area contributed by atoms with Crippen molar-refractivity contribution in [3.05, 3.63) is 78.7 Å². The molecule has 0 saturated carbocycles. The summed E-state index contributed by atoms with van der Waals surface area (Å²) >= 11 is 0. The monoisotopic (exact) mass is 455 g/mol. The second-order valence-electron chi connectivity index (χ2n) is 7.48. The normalized spacial score (nSPS) is 16.9. The van der Waals surface area contributed by atoms with E-state index in [-0.39, 0.29) is 30.7 Å². The number of halogens is 1. The molecular weight excluding hydrogens is 425 g/mol. The highest BCUT2D eigenvalue weighted by Crippen LogP contribution is 2.30. The minimum absolute atomic E-state index is 0.0481. The Labute approximate surface area is 192 Å². The molecule has 176 valence electrons. The lowest BCUT2D eigenvalue weighted by atomic mass is 10.0. The Hall–Kier alpha value is -3.59. The Morgan fingerprint density at radius 1 is 1.42 bits per heavy atom. The first-order valence-corrected chi connectivity index (χ1v) is 10.7. The number of aromatic nitrogens is 3. The van der Waals surface area contributed by atoms with Crippen molar-refractivity contribution in [1.82, 2.24) is 19.7 Å². The predicted octanol–water partition coefficient (Wildman–Crippen LogP) is 3.34. The summed E-state index contributed by atoms with van der Waals surface area (Å²) in [6.07, 6.45) is 11.2. The summed E-state index contributed by atoms with van der Waals surface area (Å²) in [4.78, 5) is 27.5. The summed E-state index contributed by atoms with van der Waals surface area (Å²) < 4.78 is 15.5. The molecule has 1 saturated heterocycles. The van der Waals surface area contributed by atoms with Crippen LogP contribution in [0.4, 0.5) is 4.39 Å². The van der Waals surface area contributed by atoms with Crippen LogP contribution >= 0.6 is 0 Å². The number of hydrogen-bond donors (Lipinski definition) is 2. The number of carbonyl (C=O) groups is 2. The Morgan fingerprint density at radius 3 is 2.82 bits per heavy atom. The molecule has 8 nitrogen and oxygen atoms in total. The van der Waals surface area contributed by atoms with E-state index < -0.39 is 6.04 Å². The summed E-state index contributed by atoms with van der Waals surface area (Å²) in [7, 11) is 0. The highest BCUT2D eigenvalue weighted by Gasteiger charge is 2.33. The summed E-state index contributed by atoms with van der Waals surface area (Å²) in [5.41, 5.74) is 7.53. The first-order chi connectivity index (χ1) is 15.9. The molecule has 1 aromatic heterocycles. The first-order valence-electron chi connectivity index (χ1n) is 10.7. The van der Waals surface area contributed by atoms with Gasteiger partial charge in [-0.3, -0.25) is 9.59 Å². The van der Waals surface area contributed by atoms with E-state index in [1.807, 2.05) is 25.2 Å². The standard InChI is InChI=1S/C23H28FN5O.CH2O2/c1-3-8-19(9-4-2)29-16-26-23(27-29)21-12-7-13-28(21)22(30)15-18(25)14-17-10-5-6-11-20(17)24;2-1-3/h3-6,8-11,16,18,21H,1,7,12-15,25H2,2H3;1H,(H,2,3). The molecule has 2 atom stereocenters. The fourth-order valence-electron chi connectivity index (χ4n) is 3.75. The van der Waals surface area contributed by atoms with Gasteiger partial charge >= 0.3 is 0 Å². The maximum atomic E-state index is 13.9. The highest BCUT2D eigenvalue weighted by atomic mass is 19.1. The summed E-state index contributed by atoms with van der Waals surface area (Å²) in [5.74, 6) is 0.273. The van der Waals surface area contributed by atoms with Gasteiger partial charge in [-0.05, 0) is 50.0 Å². The lowest BCUT2D eigenvalue weighted by Gasteiger charge is -2.24. The van der Waals surface area contributed by atoms with Crippen LogP contribution in [0.5, 0.6) is 0 Å². The molecular formula is C24H30FN5O3. The molecule has 1 amide bonds. The second-order valence-corrected chi connectivity index (χ2v) is 7.48. The molecule has 9 heteroatoms. The maximum absolute atomic E-state index is 13.9. The van der Waals surface area contributed by atoms with Crippen molar-refractivity contribution in [2.75, 3.05) is 6.54 Å². The van der Waals surface area contributed by atoms with Gasteiger partial charge in [0.05, 0.1) is 11.7 Å². The van der Waals surface area contributed by atoms with Crippen LogP contribution in [0.1, 0.15) is 43.6 Å².